The third kappa shape index (κ3) is 3.85. The van der Waals surface area contributed by atoms with E-state index in [1.54, 1.807) is 0 Å². The minimum Gasteiger partial charge on any atom is -0.444 e. The van der Waals surface area contributed by atoms with Crippen molar-refractivity contribution in [3.63, 3.8) is 0 Å². The summed E-state index contributed by atoms with van der Waals surface area (Å²) in [5.41, 5.74) is 8.34. The molecule has 0 aromatic heterocycles. The highest BCUT2D eigenvalue weighted by Crippen LogP contribution is 2.38. The topological polar surface area (TPSA) is 76.4 Å². The van der Waals surface area contributed by atoms with E-state index in [9.17, 15) is 4.79 Å². The van der Waals surface area contributed by atoms with E-state index in [4.69, 9.17) is 10.5 Å². The first-order chi connectivity index (χ1) is 10.8. The Kier molecular flexibility index (Phi) is 4.34. The Hall–Kier alpha value is -1.59. The first-order valence-corrected chi connectivity index (χ1v) is 8.42. The quantitative estimate of drug-likeness (QED) is 0.801. The molecular formula is C18H27N3O2. The van der Waals surface area contributed by atoms with Crippen LogP contribution in [0.2, 0.25) is 0 Å². The van der Waals surface area contributed by atoms with Gasteiger partial charge in [-0.1, -0.05) is 24.3 Å². The van der Waals surface area contributed by atoms with Crippen LogP contribution in [0.25, 0.3) is 0 Å². The fourth-order valence-electron chi connectivity index (χ4n) is 3.46. The highest BCUT2D eigenvalue weighted by atomic mass is 16.6. The van der Waals surface area contributed by atoms with Crippen molar-refractivity contribution in [2.24, 2.45) is 5.73 Å². The van der Waals surface area contributed by atoms with Gasteiger partial charge in [-0.3, -0.25) is 0 Å². The van der Waals surface area contributed by atoms with Crippen LogP contribution in [0.15, 0.2) is 24.3 Å². The lowest BCUT2D eigenvalue weighted by atomic mass is 9.86. The van der Waals surface area contributed by atoms with Crippen LogP contribution in [-0.4, -0.2) is 23.8 Å². The molecule has 1 amide bonds. The molecule has 4 N–H and O–H groups in total. The SMILES string of the molecule is CC(C)(C)OC(=O)NC1CC(NC2CC(N)c3ccccc32)C1. The van der Waals surface area contributed by atoms with Gasteiger partial charge in [0.25, 0.3) is 0 Å². The lowest BCUT2D eigenvalue weighted by Gasteiger charge is -2.38. The Morgan fingerprint density at radius 3 is 2.43 bits per heavy atom. The molecule has 2 aliphatic carbocycles. The minimum atomic E-state index is -0.449. The van der Waals surface area contributed by atoms with E-state index in [2.05, 4.69) is 28.8 Å². The van der Waals surface area contributed by atoms with E-state index in [1.807, 2.05) is 26.8 Å². The lowest BCUT2D eigenvalue weighted by molar-refractivity contribution is 0.0462. The second-order valence-electron chi connectivity index (χ2n) is 7.70. The summed E-state index contributed by atoms with van der Waals surface area (Å²) in [6.07, 6.45) is 2.49. The number of hydrogen-bond acceptors (Lipinski definition) is 4. The Morgan fingerprint density at radius 2 is 1.78 bits per heavy atom. The van der Waals surface area contributed by atoms with Crippen molar-refractivity contribution in [2.75, 3.05) is 0 Å². The van der Waals surface area contributed by atoms with Crippen LogP contribution in [0, 0.1) is 0 Å². The van der Waals surface area contributed by atoms with Gasteiger partial charge in [0, 0.05) is 24.2 Å². The van der Waals surface area contributed by atoms with Crippen molar-refractivity contribution in [3.05, 3.63) is 35.4 Å². The average molecular weight is 317 g/mol. The number of benzene rings is 1. The molecule has 0 aliphatic heterocycles. The van der Waals surface area contributed by atoms with Gasteiger partial charge in [-0.25, -0.2) is 4.79 Å². The largest absolute Gasteiger partial charge is 0.444 e. The number of carbonyl (C=O) groups is 1. The van der Waals surface area contributed by atoms with E-state index < -0.39 is 5.60 Å². The Bertz CT molecular complexity index is 576. The fraction of sp³-hybridized carbons (Fsp3) is 0.611. The maximum Gasteiger partial charge on any atom is 0.407 e. The molecular weight excluding hydrogens is 290 g/mol. The van der Waals surface area contributed by atoms with Crippen LogP contribution in [0.3, 0.4) is 0 Å². The molecule has 1 aromatic rings. The zero-order valence-electron chi connectivity index (χ0n) is 14.1. The number of fused-ring (bicyclic) bond motifs is 1. The van der Waals surface area contributed by atoms with E-state index in [0.29, 0.717) is 12.1 Å². The molecule has 0 heterocycles. The van der Waals surface area contributed by atoms with Gasteiger partial charge in [0.15, 0.2) is 0 Å². The summed E-state index contributed by atoms with van der Waals surface area (Å²) in [6.45, 7) is 5.62. The number of amides is 1. The van der Waals surface area contributed by atoms with Crippen molar-refractivity contribution >= 4 is 6.09 Å². The molecule has 0 radical (unpaired) electrons. The van der Waals surface area contributed by atoms with Crippen LogP contribution < -0.4 is 16.4 Å². The van der Waals surface area contributed by atoms with E-state index in [0.717, 1.165) is 19.3 Å². The van der Waals surface area contributed by atoms with Crippen LogP contribution in [-0.2, 0) is 4.74 Å². The van der Waals surface area contributed by atoms with Crippen molar-refractivity contribution in [3.8, 4) is 0 Å². The zero-order chi connectivity index (χ0) is 16.6. The summed E-state index contributed by atoms with van der Waals surface area (Å²) in [4.78, 5) is 11.7. The predicted octanol–water partition coefficient (Wildman–Crippen LogP) is 2.78. The summed E-state index contributed by atoms with van der Waals surface area (Å²) in [5, 5.41) is 6.61. The zero-order valence-corrected chi connectivity index (χ0v) is 14.1. The summed E-state index contributed by atoms with van der Waals surface area (Å²) in [6, 6.07) is 9.48. The third-order valence-corrected chi connectivity index (χ3v) is 4.56. The smallest absolute Gasteiger partial charge is 0.407 e. The normalized spacial score (nSPS) is 29.6. The molecule has 2 unspecified atom stereocenters. The average Bonchev–Trinajstić information content (AvgIpc) is 2.72. The highest BCUT2D eigenvalue weighted by molar-refractivity contribution is 5.68. The van der Waals surface area contributed by atoms with Crippen LogP contribution in [0.5, 0.6) is 0 Å². The maximum atomic E-state index is 11.7. The molecule has 23 heavy (non-hydrogen) atoms. The molecule has 5 heteroatoms. The molecule has 3 rings (SSSR count). The van der Waals surface area contributed by atoms with Crippen LogP contribution in [0.1, 0.15) is 63.2 Å². The second-order valence-corrected chi connectivity index (χ2v) is 7.70. The number of nitrogens with two attached hydrogens (primary N) is 1. The summed E-state index contributed by atoms with van der Waals surface area (Å²) < 4.78 is 5.29. The fourth-order valence-corrected chi connectivity index (χ4v) is 3.46. The summed E-state index contributed by atoms with van der Waals surface area (Å²) in [5.74, 6) is 0. The van der Waals surface area contributed by atoms with Crippen LogP contribution in [0.4, 0.5) is 4.79 Å². The van der Waals surface area contributed by atoms with E-state index in [1.165, 1.54) is 11.1 Å². The second kappa shape index (κ2) is 6.13. The monoisotopic (exact) mass is 317 g/mol. The van der Waals surface area contributed by atoms with Gasteiger partial charge in [-0.15, -0.1) is 0 Å². The van der Waals surface area contributed by atoms with Gasteiger partial charge in [0.2, 0.25) is 0 Å². The van der Waals surface area contributed by atoms with Crippen molar-refractivity contribution in [2.45, 2.75) is 69.8 Å². The van der Waals surface area contributed by atoms with Gasteiger partial charge in [-0.05, 0) is 51.2 Å². The van der Waals surface area contributed by atoms with Gasteiger partial charge < -0.3 is 21.1 Å². The Morgan fingerprint density at radius 1 is 1.13 bits per heavy atom. The number of nitrogens with one attached hydrogen (secondary N) is 2. The number of carbonyl (C=O) groups excluding carboxylic acids is 1. The minimum absolute atomic E-state index is 0.125. The standard InChI is InChI=1S/C18H27N3O2/c1-18(2,3)23-17(22)21-12-8-11(9-12)20-16-10-15(19)13-6-4-5-7-14(13)16/h4-7,11-12,15-16,20H,8-10,19H2,1-3H3,(H,21,22). The molecule has 126 valence electrons. The molecule has 5 nitrogen and oxygen atoms in total. The number of hydrogen-bond donors (Lipinski definition) is 3. The number of rotatable bonds is 3. The highest BCUT2D eigenvalue weighted by Gasteiger charge is 2.36. The third-order valence-electron chi connectivity index (χ3n) is 4.56. The molecule has 0 saturated heterocycles. The Balaban J connectivity index is 1.46. The maximum absolute atomic E-state index is 11.7. The van der Waals surface area contributed by atoms with E-state index in [-0.39, 0.29) is 18.2 Å². The van der Waals surface area contributed by atoms with Gasteiger partial charge in [0.1, 0.15) is 5.60 Å². The summed E-state index contributed by atoms with van der Waals surface area (Å²) >= 11 is 0. The first-order valence-electron chi connectivity index (χ1n) is 8.42. The molecule has 1 fully saturated rings. The van der Waals surface area contributed by atoms with Crippen molar-refractivity contribution in [1.82, 2.24) is 10.6 Å². The lowest BCUT2D eigenvalue weighted by Crippen LogP contribution is -2.53. The molecule has 0 bridgehead atoms. The van der Waals surface area contributed by atoms with Gasteiger partial charge >= 0.3 is 6.09 Å². The molecule has 2 atom stereocenters. The van der Waals surface area contributed by atoms with Gasteiger partial charge in [0.05, 0.1) is 0 Å². The summed E-state index contributed by atoms with van der Waals surface area (Å²) in [7, 11) is 0. The molecule has 1 aromatic carbocycles. The molecule has 1 saturated carbocycles. The van der Waals surface area contributed by atoms with Crippen LogP contribution >= 0.6 is 0 Å². The molecule has 0 spiro atoms. The van der Waals surface area contributed by atoms with Crippen molar-refractivity contribution < 1.29 is 9.53 Å². The first kappa shape index (κ1) is 16.3. The molecule has 2 aliphatic rings. The number of ether oxygens (including phenoxy) is 1. The Labute approximate surface area is 138 Å². The predicted molar refractivity (Wildman–Crippen MR) is 90.0 cm³/mol. The van der Waals surface area contributed by atoms with E-state index >= 15 is 0 Å². The van der Waals surface area contributed by atoms with Gasteiger partial charge in [-0.2, -0.15) is 0 Å². The number of alkyl carbamates (subject to hydrolysis) is 1. The van der Waals surface area contributed by atoms with Crippen molar-refractivity contribution in [1.29, 1.82) is 0 Å².